The molecule has 0 aromatic heterocycles. The van der Waals surface area contributed by atoms with Gasteiger partial charge < -0.3 is 5.32 Å². The number of anilines is 1. The Morgan fingerprint density at radius 2 is 1.83 bits per heavy atom. The minimum absolute atomic E-state index is 0.0562. The van der Waals surface area contributed by atoms with E-state index < -0.39 is 10.0 Å². The van der Waals surface area contributed by atoms with E-state index in [-0.39, 0.29) is 17.2 Å². The number of benzene rings is 2. The molecule has 0 fully saturated rings. The van der Waals surface area contributed by atoms with Crippen LogP contribution >= 0.6 is 23.2 Å². The summed E-state index contributed by atoms with van der Waals surface area (Å²) < 4.78 is 25.4. The number of hydrogen-bond donors (Lipinski definition) is 1. The van der Waals surface area contributed by atoms with Gasteiger partial charge in [-0.15, -0.1) is 0 Å². The lowest BCUT2D eigenvalue weighted by Crippen LogP contribution is -2.22. The summed E-state index contributed by atoms with van der Waals surface area (Å²) in [7, 11) is -0.664. The SMILES string of the molecule is CN(C)S(=O)(=O)c1cccc(NC(=O)Cc2ccc(Cl)cc2Cl)c1. The van der Waals surface area contributed by atoms with E-state index in [1.54, 1.807) is 30.3 Å². The number of halogens is 2. The van der Waals surface area contributed by atoms with Crippen LogP contribution in [0.3, 0.4) is 0 Å². The first kappa shape index (κ1) is 18.7. The Balaban J connectivity index is 2.15. The molecule has 0 unspecified atom stereocenters. The van der Waals surface area contributed by atoms with Gasteiger partial charge in [0.2, 0.25) is 15.9 Å². The van der Waals surface area contributed by atoms with E-state index in [1.165, 1.54) is 26.2 Å². The lowest BCUT2D eigenvalue weighted by Gasteiger charge is -2.13. The average molecular weight is 387 g/mol. The molecule has 128 valence electrons. The van der Waals surface area contributed by atoms with Gasteiger partial charge in [0.15, 0.2) is 0 Å². The van der Waals surface area contributed by atoms with Gasteiger partial charge in [0.1, 0.15) is 0 Å². The fourth-order valence-electron chi connectivity index (χ4n) is 1.99. The molecule has 1 amide bonds. The molecule has 0 aliphatic carbocycles. The van der Waals surface area contributed by atoms with Gasteiger partial charge in [-0.2, -0.15) is 0 Å². The molecule has 2 aromatic rings. The summed E-state index contributed by atoms with van der Waals surface area (Å²) >= 11 is 11.9. The van der Waals surface area contributed by atoms with Crippen molar-refractivity contribution in [2.75, 3.05) is 19.4 Å². The monoisotopic (exact) mass is 386 g/mol. The van der Waals surface area contributed by atoms with Gasteiger partial charge in [-0.05, 0) is 35.9 Å². The third-order valence-corrected chi connectivity index (χ3v) is 5.66. The van der Waals surface area contributed by atoms with E-state index in [2.05, 4.69) is 5.32 Å². The molecule has 0 bridgehead atoms. The molecule has 8 heteroatoms. The van der Waals surface area contributed by atoms with Crippen LogP contribution in [0.2, 0.25) is 10.0 Å². The predicted octanol–water partition coefficient (Wildman–Crippen LogP) is 3.42. The molecule has 0 saturated carbocycles. The number of carbonyl (C=O) groups is 1. The van der Waals surface area contributed by atoms with Crippen LogP contribution in [0.15, 0.2) is 47.4 Å². The van der Waals surface area contributed by atoms with Crippen molar-refractivity contribution in [1.82, 2.24) is 4.31 Å². The number of carbonyl (C=O) groups excluding carboxylic acids is 1. The van der Waals surface area contributed by atoms with Crippen molar-refractivity contribution in [3.63, 3.8) is 0 Å². The first-order valence-corrected chi connectivity index (χ1v) is 9.16. The minimum Gasteiger partial charge on any atom is -0.326 e. The minimum atomic E-state index is -3.56. The number of rotatable bonds is 5. The van der Waals surface area contributed by atoms with Crippen molar-refractivity contribution in [3.8, 4) is 0 Å². The molecule has 0 aliphatic rings. The summed E-state index contributed by atoms with van der Waals surface area (Å²) in [6, 6.07) is 11.0. The normalized spacial score (nSPS) is 11.5. The highest BCUT2D eigenvalue weighted by Gasteiger charge is 2.17. The standard InChI is InChI=1S/C16H16Cl2N2O3S/c1-20(2)24(22,23)14-5-3-4-13(10-14)19-16(21)8-11-6-7-12(17)9-15(11)18/h3-7,9-10H,8H2,1-2H3,(H,19,21). The van der Waals surface area contributed by atoms with Gasteiger partial charge in [-0.3, -0.25) is 4.79 Å². The van der Waals surface area contributed by atoms with Crippen molar-refractivity contribution < 1.29 is 13.2 Å². The highest BCUT2D eigenvalue weighted by Crippen LogP contribution is 2.22. The first-order valence-electron chi connectivity index (χ1n) is 6.96. The van der Waals surface area contributed by atoms with Crippen LogP contribution in [0.25, 0.3) is 0 Å². The third kappa shape index (κ3) is 4.48. The van der Waals surface area contributed by atoms with E-state index in [4.69, 9.17) is 23.2 Å². The third-order valence-electron chi connectivity index (χ3n) is 3.26. The largest absolute Gasteiger partial charge is 0.326 e. The Kier molecular flexibility index (Phi) is 5.87. The molecule has 2 aromatic carbocycles. The molecule has 1 N–H and O–H groups in total. The van der Waals surface area contributed by atoms with E-state index in [9.17, 15) is 13.2 Å². The molecule has 24 heavy (non-hydrogen) atoms. The zero-order valence-electron chi connectivity index (χ0n) is 13.1. The molecular formula is C16H16Cl2N2O3S. The fourth-order valence-corrected chi connectivity index (χ4v) is 3.41. The Morgan fingerprint density at radius 1 is 1.12 bits per heavy atom. The van der Waals surface area contributed by atoms with E-state index in [0.717, 1.165) is 4.31 Å². The molecule has 0 atom stereocenters. The quantitative estimate of drug-likeness (QED) is 0.855. The van der Waals surface area contributed by atoms with E-state index in [0.29, 0.717) is 21.3 Å². The highest BCUT2D eigenvalue weighted by molar-refractivity contribution is 7.89. The molecule has 2 rings (SSSR count). The number of nitrogens with zero attached hydrogens (tertiary/aromatic N) is 1. The first-order chi connectivity index (χ1) is 11.2. The fraction of sp³-hybridized carbons (Fsp3) is 0.188. The van der Waals surface area contributed by atoms with Crippen LogP contribution in [0.5, 0.6) is 0 Å². The molecule has 5 nitrogen and oxygen atoms in total. The van der Waals surface area contributed by atoms with Crippen molar-refractivity contribution in [3.05, 3.63) is 58.1 Å². The summed E-state index contributed by atoms with van der Waals surface area (Å²) in [5.41, 5.74) is 1.03. The zero-order chi connectivity index (χ0) is 17.9. The lowest BCUT2D eigenvalue weighted by atomic mass is 10.1. The molecule has 0 radical (unpaired) electrons. The maximum absolute atomic E-state index is 12.2. The number of sulfonamides is 1. The zero-order valence-corrected chi connectivity index (χ0v) is 15.4. The van der Waals surface area contributed by atoms with Crippen molar-refractivity contribution in [2.24, 2.45) is 0 Å². The Bertz CT molecular complexity index is 867. The number of amides is 1. The summed E-state index contributed by atoms with van der Waals surface area (Å²) in [5.74, 6) is -0.307. The van der Waals surface area contributed by atoms with Crippen LogP contribution in [0, 0.1) is 0 Å². The van der Waals surface area contributed by atoms with E-state index >= 15 is 0 Å². The molecule has 0 aliphatic heterocycles. The van der Waals surface area contributed by atoms with Crippen molar-refractivity contribution in [2.45, 2.75) is 11.3 Å². The van der Waals surface area contributed by atoms with Gasteiger partial charge in [0, 0.05) is 29.8 Å². The Hall–Kier alpha value is -1.60. The smallest absolute Gasteiger partial charge is 0.242 e. The van der Waals surface area contributed by atoms with Gasteiger partial charge >= 0.3 is 0 Å². The summed E-state index contributed by atoms with van der Waals surface area (Å²) in [4.78, 5) is 12.3. The molecule has 0 spiro atoms. The van der Waals surface area contributed by atoms with Crippen LogP contribution in [-0.4, -0.2) is 32.7 Å². The van der Waals surface area contributed by atoms with E-state index in [1.807, 2.05) is 0 Å². The second-order valence-electron chi connectivity index (χ2n) is 5.28. The topological polar surface area (TPSA) is 66.5 Å². The molecule has 0 heterocycles. The predicted molar refractivity (Wildman–Crippen MR) is 96.1 cm³/mol. The summed E-state index contributed by atoms with van der Waals surface area (Å²) in [6.07, 6.45) is 0.0562. The Morgan fingerprint density at radius 3 is 2.46 bits per heavy atom. The van der Waals surface area contributed by atoms with Crippen molar-refractivity contribution >= 4 is 44.8 Å². The van der Waals surface area contributed by atoms with Gasteiger partial charge in [-0.25, -0.2) is 12.7 Å². The van der Waals surface area contributed by atoms with Crippen LogP contribution < -0.4 is 5.32 Å². The van der Waals surface area contributed by atoms with Gasteiger partial charge in [0.25, 0.3) is 0 Å². The van der Waals surface area contributed by atoms with Crippen molar-refractivity contribution in [1.29, 1.82) is 0 Å². The van der Waals surface area contributed by atoms with Crippen LogP contribution in [0.4, 0.5) is 5.69 Å². The van der Waals surface area contributed by atoms with Gasteiger partial charge in [-0.1, -0.05) is 35.3 Å². The Labute approximate surface area is 151 Å². The van der Waals surface area contributed by atoms with Crippen LogP contribution in [0.1, 0.15) is 5.56 Å². The number of hydrogen-bond acceptors (Lipinski definition) is 3. The average Bonchev–Trinajstić information content (AvgIpc) is 2.50. The maximum atomic E-state index is 12.2. The highest BCUT2D eigenvalue weighted by atomic mass is 35.5. The molecule has 0 saturated heterocycles. The summed E-state index contributed by atoms with van der Waals surface area (Å²) in [5, 5.41) is 3.57. The summed E-state index contributed by atoms with van der Waals surface area (Å²) in [6.45, 7) is 0. The number of nitrogens with one attached hydrogen (secondary N) is 1. The van der Waals surface area contributed by atoms with Crippen LogP contribution in [-0.2, 0) is 21.2 Å². The second kappa shape index (κ2) is 7.53. The second-order valence-corrected chi connectivity index (χ2v) is 8.27. The lowest BCUT2D eigenvalue weighted by molar-refractivity contribution is -0.115. The maximum Gasteiger partial charge on any atom is 0.242 e. The molecular weight excluding hydrogens is 371 g/mol. The van der Waals surface area contributed by atoms with Gasteiger partial charge in [0.05, 0.1) is 11.3 Å².